The number of rotatable bonds is 5. The number of piperazine rings is 1. The Balaban J connectivity index is 2.57. The topological polar surface area (TPSA) is 78.5 Å². The Hall–Kier alpha value is -1.43. The number of hydrogen-bond acceptors (Lipinski definition) is 4. The molecule has 3 amide bonds. The summed E-state index contributed by atoms with van der Waals surface area (Å²) in [6.07, 6.45) is 0.817. The van der Waals surface area contributed by atoms with Gasteiger partial charge in [0, 0.05) is 19.0 Å². The van der Waals surface area contributed by atoms with E-state index in [2.05, 4.69) is 10.6 Å². The molecule has 6 heteroatoms. The van der Waals surface area contributed by atoms with Gasteiger partial charge < -0.3 is 10.2 Å². The third-order valence-electron chi connectivity index (χ3n) is 2.85. The van der Waals surface area contributed by atoms with Gasteiger partial charge in [-0.2, -0.15) is 0 Å². The average Bonchev–Trinajstić information content (AvgIpc) is 2.27. The van der Waals surface area contributed by atoms with E-state index in [1.54, 1.807) is 0 Å². The molecule has 0 aliphatic carbocycles. The molecule has 102 valence electrons. The van der Waals surface area contributed by atoms with Gasteiger partial charge in [0.1, 0.15) is 12.6 Å². The van der Waals surface area contributed by atoms with Crippen LogP contribution in [-0.4, -0.2) is 47.8 Å². The summed E-state index contributed by atoms with van der Waals surface area (Å²) in [7, 11) is 0. The van der Waals surface area contributed by atoms with Crippen molar-refractivity contribution in [3.63, 3.8) is 0 Å². The first-order chi connectivity index (χ1) is 8.45. The van der Waals surface area contributed by atoms with Crippen molar-refractivity contribution in [3.05, 3.63) is 0 Å². The van der Waals surface area contributed by atoms with Crippen molar-refractivity contribution in [2.75, 3.05) is 13.1 Å². The van der Waals surface area contributed by atoms with Crippen molar-refractivity contribution in [1.29, 1.82) is 0 Å². The molecule has 0 saturated carbocycles. The lowest BCUT2D eigenvalue weighted by Crippen LogP contribution is -2.59. The van der Waals surface area contributed by atoms with Crippen molar-refractivity contribution < 1.29 is 14.4 Å². The molecule has 18 heavy (non-hydrogen) atoms. The van der Waals surface area contributed by atoms with Gasteiger partial charge in [-0.05, 0) is 6.42 Å². The number of carbonyl (C=O) groups excluding carboxylic acids is 3. The minimum atomic E-state index is -0.519. The van der Waals surface area contributed by atoms with Gasteiger partial charge in [0.2, 0.25) is 17.7 Å². The Morgan fingerprint density at radius 1 is 1.50 bits per heavy atom. The molecule has 0 spiro atoms. The van der Waals surface area contributed by atoms with Crippen LogP contribution in [0.5, 0.6) is 0 Å². The summed E-state index contributed by atoms with van der Waals surface area (Å²) in [5.41, 5.74) is 0. The quantitative estimate of drug-likeness (QED) is 0.658. The lowest BCUT2D eigenvalue weighted by molar-refractivity contribution is -0.150. The summed E-state index contributed by atoms with van der Waals surface area (Å²) < 4.78 is 0. The van der Waals surface area contributed by atoms with Gasteiger partial charge in [0.25, 0.3) is 0 Å². The summed E-state index contributed by atoms with van der Waals surface area (Å²) in [5, 5.41) is 5.39. The minimum absolute atomic E-state index is 0.0231. The fraction of sp³-hybridized carbons (Fsp3) is 0.750. The van der Waals surface area contributed by atoms with Crippen LogP contribution in [0.2, 0.25) is 0 Å². The predicted molar refractivity (Wildman–Crippen MR) is 66.7 cm³/mol. The molecule has 1 aliphatic rings. The first kappa shape index (κ1) is 14.6. The fourth-order valence-corrected chi connectivity index (χ4v) is 1.95. The Kier molecular flexibility index (Phi) is 5.27. The Bertz CT molecular complexity index is 341. The number of imide groups is 1. The van der Waals surface area contributed by atoms with E-state index in [4.69, 9.17) is 0 Å². The Morgan fingerprint density at radius 3 is 2.72 bits per heavy atom. The third-order valence-corrected chi connectivity index (χ3v) is 2.85. The first-order valence-corrected chi connectivity index (χ1v) is 6.32. The number of hydrogen-bond donors (Lipinski definition) is 2. The van der Waals surface area contributed by atoms with Crippen LogP contribution in [-0.2, 0) is 14.4 Å². The highest BCUT2D eigenvalue weighted by molar-refractivity contribution is 6.04. The minimum Gasteiger partial charge on any atom is -0.321 e. The molecular formula is C12H21N3O3. The molecule has 1 atom stereocenters. The summed E-state index contributed by atoms with van der Waals surface area (Å²) in [6, 6.07) is -0.208. The van der Waals surface area contributed by atoms with Gasteiger partial charge in [-0.3, -0.25) is 19.7 Å². The summed E-state index contributed by atoms with van der Waals surface area (Å²) >= 11 is 0. The van der Waals surface area contributed by atoms with Gasteiger partial charge in [-0.1, -0.05) is 20.8 Å². The van der Waals surface area contributed by atoms with Gasteiger partial charge in [-0.15, -0.1) is 0 Å². The molecular weight excluding hydrogens is 234 g/mol. The van der Waals surface area contributed by atoms with Crippen LogP contribution >= 0.6 is 0 Å². The van der Waals surface area contributed by atoms with Crippen molar-refractivity contribution in [2.24, 2.45) is 0 Å². The Labute approximate surface area is 107 Å². The van der Waals surface area contributed by atoms with Crippen LogP contribution in [0.1, 0.15) is 33.6 Å². The second kappa shape index (κ2) is 6.49. The molecule has 2 N–H and O–H groups in total. The van der Waals surface area contributed by atoms with Crippen LogP contribution in [0.25, 0.3) is 0 Å². The second-order valence-corrected chi connectivity index (χ2v) is 4.72. The van der Waals surface area contributed by atoms with Crippen LogP contribution < -0.4 is 10.6 Å². The predicted octanol–water partition coefficient (Wildman–Crippen LogP) is -0.362. The smallest absolute Gasteiger partial charge is 0.249 e. The maximum Gasteiger partial charge on any atom is 0.249 e. The monoisotopic (exact) mass is 255 g/mol. The molecule has 1 heterocycles. The van der Waals surface area contributed by atoms with Crippen LogP contribution in [0.3, 0.4) is 0 Å². The first-order valence-electron chi connectivity index (χ1n) is 6.32. The lowest BCUT2D eigenvalue weighted by atomic mass is 10.1. The number of nitrogens with zero attached hydrogens (tertiary/aromatic N) is 1. The van der Waals surface area contributed by atoms with Gasteiger partial charge in [0.05, 0.1) is 0 Å². The number of carbonyl (C=O) groups is 3. The zero-order valence-corrected chi connectivity index (χ0v) is 11.2. The molecule has 0 radical (unpaired) electrons. The third kappa shape index (κ3) is 3.80. The second-order valence-electron chi connectivity index (χ2n) is 4.72. The SMILES string of the molecule is CCC1C(=O)NC(=O)CN1C(=O)CCNC(C)C. The fourth-order valence-electron chi connectivity index (χ4n) is 1.95. The average molecular weight is 255 g/mol. The van der Waals surface area contributed by atoms with E-state index in [9.17, 15) is 14.4 Å². The molecule has 1 unspecified atom stereocenters. The molecule has 1 saturated heterocycles. The molecule has 0 aromatic carbocycles. The van der Waals surface area contributed by atoms with E-state index >= 15 is 0 Å². The van der Waals surface area contributed by atoms with Crippen LogP contribution in [0, 0.1) is 0 Å². The van der Waals surface area contributed by atoms with Crippen molar-refractivity contribution in [1.82, 2.24) is 15.5 Å². The van der Waals surface area contributed by atoms with E-state index in [0.29, 0.717) is 25.4 Å². The molecule has 6 nitrogen and oxygen atoms in total. The molecule has 1 aliphatic heterocycles. The van der Waals surface area contributed by atoms with Crippen LogP contribution in [0.4, 0.5) is 0 Å². The summed E-state index contributed by atoms with van der Waals surface area (Å²) in [4.78, 5) is 36.3. The highest BCUT2D eigenvalue weighted by atomic mass is 16.2. The van der Waals surface area contributed by atoms with Crippen LogP contribution in [0.15, 0.2) is 0 Å². The van der Waals surface area contributed by atoms with Crippen molar-refractivity contribution in [3.8, 4) is 0 Å². The number of amides is 3. The number of nitrogens with one attached hydrogen (secondary N) is 2. The normalized spacial score (nSPS) is 20.2. The maximum absolute atomic E-state index is 12.0. The Morgan fingerprint density at radius 2 is 2.17 bits per heavy atom. The molecule has 0 bridgehead atoms. The molecule has 1 rings (SSSR count). The van der Waals surface area contributed by atoms with Crippen molar-refractivity contribution >= 4 is 17.7 Å². The maximum atomic E-state index is 12.0. The zero-order chi connectivity index (χ0) is 13.7. The van der Waals surface area contributed by atoms with E-state index in [0.717, 1.165) is 0 Å². The molecule has 0 aromatic rings. The van der Waals surface area contributed by atoms with Gasteiger partial charge in [-0.25, -0.2) is 0 Å². The van der Waals surface area contributed by atoms with E-state index in [1.807, 2.05) is 20.8 Å². The highest BCUT2D eigenvalue weighted by Gasteiger charge is 2.34. The summed E-state index contributed by atoms with van der Waals surface area (Å²) in [6.45, 7) is 6.35. The van der Waals surface area contributed by atoms with Gasteiger partial charge >= 0.3 is 0 Å². The van der Waals surface area contributed by atoms with Gasteiger partial charge in [0.15, 0.2) is 0 Å². The zero-order valence-electron chi connectivity index (χ0n) is 11.2. The molecule has 1 fully saturated rings. The van der Waals surface area contributed by atoms with Crippen molar-refractivity contribution in [2.45, 2.75) is 45.7 Å². The standard InChI is InChI=1S/C12H21N3O3/c1-4-9-12(18)14-10(16)7-15(9)11(17)5-6-13-8(2)3/h8-9,13H,4-7H2,1-3H3,(H,14,16,18). The largest absolute Gasteiger partial charge is 0.321 e. The highest BCUT2D eigenvalue weighted by Crippen LogP contribution is 2.10. The van der Waals surface area contributed by atoms with E-state index < -0.39 is 11.9 Å². The van der Waals surface area contributed by atoms with E-state index in [1.165, 1.54) is 4.90 Å². The summed E-state index contributed by atoms with van der Waals surface area (Å²) in [5.74, 6) is -0.938. The lowest BCUT2D eigenvalue weighted by Gasteiger charge is -2.33. The molecule has 0 aromatic heterocycles. The van der Waals surface area contributed by atoms with E-state index in [-0.39, 0.29) is 18.4 Å².